The summed E-state index contributed by atoms with van der Waals surface area (Å²) in [6.07, 6.45) is 5.01. The monoisotopic (exact) mass is 385 g/mol. The van der Waals surface area contributed by atoms with Crippen LogP contribution in [0.15, 0.2) is 18.2 Å². The van der Waals surface area contributed by atoms with Gasteiger partial charge in [-0.15, -0.1) is 0 Å². The van der Waals surface area contributed by atoms with E-state index in [1.165, 1.54) is 38.9 Å². The van der Waals surface area contributed by atoms with Crippen molar-refractivity contribution in [2.75, 3.05) is 26.2 Å². The fourth-order valence-corrected chi connectivity index (χ4v) is 2.97. The summed E-state index contributed by atoms with van der Waals surface area (Å²) in [5.41, 5.74) is 1.11. The predicted molar refractivity (Wildman–Crippen MR) is 101 cm³/mol. The van der Waals surface area contributed by atoms with Gasteiger partial charge in [-0.3, -0.25) is 0 Å². The number of aryl methyl sites for hydroxylation is 1. The van der Waals surface area contributed by atoms with E-state index in [0.717, 1.165) is 35.3 Å². The summed E-state index contributed by atoms with van der Waals surface area (Å²) >= 11 is 6.14. The highest BCUT2D eigenvalue weighted by atomic mass is 35.5. The van der Waals surface area contributed by atoms with Crippen LogP contribution in [0.5, 0.6) is 5.75 Å². The Balaban J connectivity index is 0.000000487. The van der Waals surface area contributed by atoms with Gasteiger partial charge >= 0.3 is 11.9 Å². The number of halogens is 1. The summed E-state index contributed by atoms with van der Waals surface area (Å²) in [5, 5.41) is 15.5. The predicted octanol–water partition coefficient (Wildman–Crippen LogP) is 3.69. The van der Waals surface area contributed by atoms with Crippen molar-refractivity contribution in [2.45, 2.75) is 39.5 Å². The fraction of sp³-hybridized carbons (Fsp3) is 0.579. The van der Waals surface area contributed by atoms with E-state index in [9.17, 15) is 0 Å². The zero-order chi connectivity index (χ0) is 19.5. The van der Waals surface area contributed by atoms with Crippen LogP contribution in [0.4, 0.5) is 0 Å². The number of carboxylic acid groups (broad SMARTS) is 2. The highest BCUT2D eigenvalue weighted by molar-refractivity contribution is 6.32. The van der Waals surface area contributed by atoms with Gasteiger partial charge in [-0.05, 0) is 69.8 Å². The molecule has 0 spiro atoms. The molecule has 1 aliphatic rings. The number of piperidine rings is 1. The number of ether oxygens (including phenoxy) is 1. The molecule has 0 radical (unpaired) electrons. The molecular weight excluding hydrogens is 358 g/mol. The van der Waals surface area contributed by atoms with Crippen molar-refractivity contribution in [2.24, 2.45) is 5.92 Å². The molecule has 0 amide bonds. The molecule has 2 N–H and O–H groups in total. The molecular formula is C19H28ClNO5. The van der Waals surface area contributed by atoms with Gasteiger partial charge in [-0.1, -0.05) is 30.7 Å². The van der Waals surface area contributed by atoms with Crippen molar-refractivity contribution in [1.29, 1.82) is 0 Å². The van der Waals surface area contributed by atoms with E-state index in [1.807, 2.05) is 25.1 Å². The summed E-state index contributed by atoms with van der Waals surface area (Å²) in [6.45, 7) is 8.90. The van der Waals surface area contributed by atoms with Crippen LogP contribution in [-0.2, 0) is 9.59 Å². The lowest BCUT2D eigenvalue weighted by atomic mass is 9.99. The number of hydrogen-bond donors (Lipinski definition) is 2. The Morgan fingerprint density at radius 2 is 1.81 bits per heavy atom. The maximum absolute atomic E-state index is 9.10. The van der Waals surface area contributed by atoms with Crippen LogP contribution in [0.25, 0.3) is 0 Å². The van der Waals surface area contributed by atoms with Gasteiger partial charge in [0.15, 0.2) is 0 Å². The molecule has 1 aromatic carbocycles. The Morgan fingerprint density at radius 3 is 2.35 bits per heavy atom. The van der Waals surface area contributed by atoms with Gasteiger partial charge in [0.2, 0.25) is 0 Å². The molecule has 1 fully saturated rings. The Kier molecular flexibility index (Phi) is 10.1. The minimum Gasteiger partial charge on any atom is -0.492 e. The first-order chi connectivity index (χ1) is 12.3. The number of aliphatic carboxylic acids is 2. The smallest absolute Gasteiger partial charge is 0.414 e. The van der Waals surface area contributed by atoms with Gasteiger partial charge in [-0.2, -0.15) is 0 Å². The number of carbonyl (C=O) groups is 2. The Morgan fingerprint density at radius 1 is 1.19 bits per heavy atom. The van der Waals surface area contributed by atoms with E-state index in [0.29, 0.717) is 0 Å². The van der Waals surface area contributed by atoms with Gasteiger partial charge in [0, 0.05) is 0 Å². The standard InChI is InChI=1S/C17H26ClNO.C2H2O4/c1-14-8-11-19(12-9-14)10-3-4-13-20-17-15(2)6-5-7-16(17)18;3-1(4)2(5)6/h5-7,14H,3-4,8-13H2,1-2H3;(H,3,4)(H,5,6). The highest BCUT2D eigenvalue weighted by Crippen LogP contribution is 2.28. The minimum atomic E-state index is -1.82. The number of para-hydroxylation sites is 1. The van der Waals surface area contributed by atoms with Gasteiger partial charge in [-0.25, -0.2) is 9.59 Å². The van der Waals surface area contributed by atoms with E-state index < -0.39 is 11.9 Å². The average molecular weight is 386 g/mol. The van der Waals surface area contributed by atoms with E-state index in [4.69, 9.17) is 36.1 Å². The molecule has 0 atom stereocenters. The molecule has 146 valence electrons. The van der Waals surface area contributed by atoms with E-state index in [2.05, 4.69) is 11.8 Å². The summed E-state index contributed by atoms with van der Waals surface area (Å²) in [6, 6.07) is 5.89. The largest absolute Gasteiger partial charge is 0.492 e. The Bertz CT molecular complexity index is 553. The molecule has 1 heterocycles. The molecule has 1 saturated heterocycles. The zero-order valence-electron chi connectivity index (χ0n) is 15.4. The van der Waals surface area contributed by atoms with Crippen LogP contribution in [0, 0.1) is 12.8 Å². The molecule has 6 nitrogen and oxygen atoms in total. The topological polar surface area (TPSA) is 87.1 Å². The lowest BCUT2D eigenvalue weighted by Crippen LogP contribution is -2.33. The molecule has 7 heteroatoms. The zero-order valence-corrected chi connectivity index (χ0v) is 16.2. The molecule has 1 aromatic rings. The van der Waals surface area contributed by atoms with Crippen molar-refractivity contribution in [3.05, 3.63) is 28.8 Å². The number of unbranched alkanes of at least 4 members (excludes halogenated alkanes) is 1. The quantitative estimate of drug-likeness (QED) is 0.573. The third-order valence-electron chi connectivity index (χ3n) is 4.34. The van der Waals surface area contributed by atoms with E-state index in [1.54, 1.807) is 0 Å². The van der Waals surface area contributed by atoms with Crippen molar-refractivity contribution in [1.82, 2.24) is 4.90 Å². The third kappa shape index (κ3) is 8.54. The molecule has 0 aromatic heterocycles. The van der Waals surface area contributed by atoms with E-state index >= 15 is 0 Å². The number of benzene rings is 1. The number of nitrogens with zero attached hydrogens (tertiary/aromatic N) is 1. The van der Waals surface area contributed by atoms with Crippen LogP contribution in [0.1, 0.15) is 38.2 Å². The van der Waals surface area contributed by atoms with Crippen LogP contribution >= 0.6 is 11.6 Å². The van der Waals surface area contributed by atoms with Crippen molar-refractivity contribution >= 4 is 23.5 Å². The molecule has 0 bridgehead atoms. The van der Waals surface area contributed by atoms with Crippen LogP contribution in [0.3, 0.4) is 0 Å². The first-order valence-corrected chi connectivity index (χ1v) is 9.25. The highest BCUT2D eigenvalue weighted by Gasteiger charge is 2.14. The average Bonchev–Trinajstić information content (AvgIpc) is 2.59. The van der Waals surface area contributed by atoms with Gasteiger partial charge in [0.1, 0.15) is 5.75 Å². The molecule has 0 saturated carbocycles. The van der Waals surface area contributed by atoms with Gasteiger partial charge in [0.05, 0.1) is 11.6 Å². The van der Waals surface area contributed by atoms with Crippen molar-refractivity contribution < 1.29 is 24.5 Å². The lowest BCUT2D eigenvalue weighted by Gasteiger charge is -2.30. The summed E-state index contributed by atoms with van der Waals surface area (Å²) in [5.74, 6) is -1.89. The summed E-state index contributed by atoms with van der Waals surface area (Å²) < 4.78 is 5.82. The second-order valence-corrected chi connectivity index (χ2v) is 6.98. The molecule has 0 unspecified atom stereocenters. The fourth-order valence-electron chi connectivity index (χ4n) is 2.70. The summed E-state index contributed by atoms with van der Waals surface area (Å²) in [7, 11) is 0. The van der Waals surface area contributed by atoms with Crippen LogP contribution in [-0.4, -0.2) is 53.3 Å². The van der Waals surface area contributed by atoms with E-state index in [-0.39, 0.29) is 0 Å². The molecule has 26 heavy (non-hydrogen) atoms. The minimum absolute atomic E-state index is 0.718. The van der Waals surface area contributed by atoms with Gasteiger partial charge in [0.25, 0.3) is 0 Å². The second-order valence-electron chi connectivity index (χ2n) is 6.58. The Labute approximate surface area is 159 Å². The number of likely N-dealkylation sites (tertiary alicyclic amines) is 1. The van der Waals surface area contributed by atoms with Crippen molar-refractivity contribution in [3.63, 3.8) is 0 Å². The summed E-state index contributed by atoms with van der Waals surface area (Å²) in [4.78, 5) is 20.8. The number of carboxylic acids is 2. The molecule has 0 aliphatic carbocycles. The SMILES string of the molecule is Cc1cccc(Cl)c1OCCCCN1CCC(C)CC1.O=C(O)C(=O)O. The second kappa shape index (κ2) is 11.8. The number of rotatable bonds is 6. The maximum Gasteiger partial charge on any atom is 0.414 e. The van der Waals surface area contributed by atoms with Crippen LogP contribution < -0.4 is 4.74 Å². The molecule has 2 rings (SSSR count). The third-order valence-corrected chi connectivity index (χ3v) is 4.64. The maximum atomic E-state index is 9.10. The first-order valence-electron chi connectivity index (χ1n) is 8.87. The molecule has 1 aliphatic heterocycles. The van der Waals surface area contributed by atoms with Crippen molar-refractivity contribution in [3.8, 4) is 5.75 Å². The normalized spacial score (nSPS) is 15.0. The first kappa shape index (κ1) is 22.3. The lowest BCUT2D eigenvalue weighted by molar-refractivity contribution is -0.159. The Hall–Kier alpha value is -1.79. The van der Waals surface area contributed by atoms with Crippen LogP contribution in [0.2, 0.25) is 5.02 Å². The number of hydrogen-bond acceptors (Lipinski definition) is 4. The van der Waals surface area contributed by atoms with Gasteiger partial charge < -0.3 is 19.8 Å².